The van der Waals surface area contributed by atoms with E-state index in [9.17, 15) is 4.79 Å². The topological polar surface area (TPSA) is 73.8 Å². The lowest BCUT2D eigenvalue weighted by molar-refractivity contribution is 0.208. The lowest BCUT2D eigenvalue weighted by atomic mass is 10.1. The first kappa shape index (κ1) is 21.5. The molecule has 2 saturated heterocycles. The molecule has 1 N–H and O–H groups in total. The number of carbonyl (C=O) groups is 1. The minimum atomic E-state index is -0.167. The molecule has 0 bridgehead atoms. The highest BCUT2D eigenvalue weighted by atomic mass is 35.5. The molecule has 2 aliphatic heterocycles. The summed E-state index contributed by atoms with van der Waals surface area (Å²) in [5, 5.41) is 3.45. The van der Waals surface area contributed by atoms with Crippen molar-refractivity contribution in [3.8, 4) is 5.75 Å². The van der Waals surface area contributed by atoms with E-state index in [0.717, 1.165) is 30.5 Å². The van der Waals surface area contributed by atoms with Crippen LogP contribution in [0.25, 0.3) is 0 Å². The maximum absolute atomic E-state index is 12.8. The maximum Gasteiger partial charge on any atom is 0.322 e. The minimum absolute atomic E-state index is 0.167. The molecule has 0 radical (unpaired) electrons. The number of carbonyl (C=O) groups excluding carboxylic acids is 1. The van der Waals surface area contributed by atoms with Crippen molar-refractivity contribution in [3.05, 3.63) is 35.0 Å². The Hall–Kier alpha value is -2.74. The summed E-state index contributed by atoms with van der Waals surface area (Å²) in [6, 6.07) is 7.06. The molecule has 1 aromatic carbocycles. The van der Waals surface area contributed by atoms with Crippen LogP contribution >= 0.6 is 11.6 Å². The molecule has 2 aromatic rings. The second-order valence-corrected chi connectivity index (χ2v) is 8.40. The van der Waals surface area contributed by atoms with Gasteiger partial charge in [0.05, 0.1) is 12.8 Å². The quantitative estimate of drug-likeness (QED) is 0.773. The van der Waals surface area contributed by atoms with Crippen LogP contribution in [0.15, 0.2) is 24.3 Å². The van der Waals surface area contributed by atoms with E-state index in [-0.39, 0.29) is 6.03 Å². The Morgan fingerprint density at radius 3 is 2.45 bits per heavy atom. The van der Waals surface area contributed by atoms with Gasteiger partial charge in [-0.05, 0) is 44.4 Å². The van der Waals surface area contributed by atoms with Gasteiger partial charge in [-0.25, -0.2) is 9.78 Å². The molecule has 0 unspecified atom stereocenters. The molecule has 0 atom stereocenters. The van der Waals surface area contributed by atoms with Gasteiger partial charge in [-0.15, -0.1) is 0 Å². The molecule has 4 rings (SSSR count). The van der Waals surface area contributed by atoms with Gasteiger partial charge in [-0.2, -0.15) is 4.98 Å². The second-order valence-electron chi connectivity index (χ2n) is 7.96. The van der Waals surface area contributed by atoms with Gasteiger partial charge in [0.2, 0.25) is 5.95 Å². The lowest BCUT2D eigenvalue weighted by Gasteiger charge is -2.35. The van der Waals surface area contributed by atoms with Crippen LogP contribution in [-0.2, 0) is 0 Å². The summed E-state index contributed by atoms with van der Waals surface area (Å²) in [5.74, 6) is 2.34. The van der Waals surface area contributed by atoms with Crippen molar-refractivity contribution < 1.29 is 9.53 Å². The number of methoxy groups -OCH3 is 1. The Kier molecular flexibility index (Phi) is 6.65. The summed E-state index contributed by atoms with van der Waals surface area (Å²) in [5.41, 5.74) is 1.54. The molecule has 0 spiro atoms. The molecule has 166 valence electrons. The fourth-order valence-electron chi connectivity index (χ4n) is 4.04. The van der Waals surface area contributed by atoms with E-state index in [1.165, 1.54) is 19.3 Å². The van der Waals surface area contributed by atoms with Crippen molar-refractivity contribution in [3.63, 3.8) is 0 Å². The molecular weight excluding hydrogens is 416 g/mol. The standard InChI is InChI=1S/C22H29ClN6O2/c1-16-14-20(27-8-4-3-5-9-27)26-21(24-16)28-10-12-29(13-11-28)22(30)25-18-15-17(23)6-7-19(18)31-2/h6-7,14-15H,3-5,8-13H2,1-2H3,(H,25,30). The highest BCUT2D eigenvalue weighted by molar-refractivity contribution is 6.31. The third kappa shape index (κ3) is 5.12. The van der Waals surface area contributed by atoms with Gasteiger partial charge in [0, 0.05) is 56.1 Å². The molecule has 8 nitrogen and oxygen atoms in total. The summed E-state index contributed by atoms with van der Waals surface area (Å²) in [6.45, 7) is 6.66. The first-order valence-electron chi connectivity index (χ1n) is 10.8. The Morgan fingerprint density at radius 1 is 1.00 bits per heavy atom. The zero-order chi connectivity index (χ0) is 21.8. The van der Waals surface area contributed by atoms with Crippen LogP contribution < -0.4 is 19.9 Å². The number of anilines is 3. The van der Waals surface area contributed by atoms with Crippen LogP contribution in [0, 0.1) is 6.92 Å². The van der Waals surface area contributed by atoms with Crippen LogP contribution in [0.3, 0.4) is 0 Å². The highest BCUT2D eigenvalue weighted by Crippen LogP contribution is 2.28. The first-order chi connectivity index (χ1) is 15.0. The second kappa shape index (κ2) is 9.60. The summed E-state index contributed by atoms with van der Waals surface area (Å²) in [7, 11) is 1.57. The summed E-state index contributed by atoms with van der Waals surface area (Å²) >= 11 is 6.07. The molecule has 3 heterocycles. The number of amides is 2. The summed E-state index contributed by atoms with van der Waals surface area (Å²) in [4.78, 5) is 28.6. The van der Waals surface area contributed by atoms with Gasteiger partial charge < -0.3 is 24.8 Å². The Morgan fingerprint density at radius 2 is 1.74 bits per heavy atom. The SMILES string of the molecule is COc1ccc(Cl)cc1NC(=O)N1CCN(c2nc(C)cc(N3CCCCC3)n2)CC1. The number of halogens is 1. The van der Waals surface area contributed by atoms with Gasteiger partial charge in [0.1, 0.15) is 11.6 Å². The van der Waals surface area contributed by atoms with Crippen LogP contribution in [0.1, 0.15) is 25.0 Å². The number of nitrogens with one attached hydrogen (secondary N) is 1. The fourth-order valence-corrected chi connectivity index (χ4v) is 4.22. The molecule has 0 aliphatic carbocycles. The van der Waals surface area contributed by atoms with Crippen LogP contribution in [0.2, 0.25) is 5.02 Å². The van der Waals surface area contributed by atoms with E-state index in [0.29, 0.717) is 42.6 Å². The number of benzene rings is 1. The average Bonchev–Trinajstić information content (AvgIpc) is 2.79. The van der Waals surface area contributed by atoms with Crippen molar-refractivity contribution >= 4 is 35.1 Å². The molecule has 1 aromatic heterocycles. The third-order valence-corrected chi connectivity index (χ3v) is 6.00. The molecule has 2 aliphatic rings. The van der Waals surface area contributed by atoms with Crippen molar-refractivity contribution in [2.24, 2.45) is 0 Å². The number of urea groups is 1. The zero-order valence-electron chi connectivity index (χ0n) is 18.1. The number of ether oxygens (including phenoxy) is 1. The molecule has 9 heteroatoms. The minimum Gasteiger partial charge on any atom is -0.495 e. The number of hydrogen-bond acceptors (Lipinski definition) is 6. The molecule has 2 fully saturated rings. The van der Waals surface area contributed by atoms with Gasteiger partial charge in [0.25, 0.3) is 0 Å². The predicted molar refractivity (Wildman–Crippen MR) is 124 cm³/mol. The zero-order valence-corrected chi connectivity index (χ0v) is 18.9. The van der Waals surface area contributed by atoms with E-state index in [4.69, 9.17) is 21.3 Å². The van der Waals surface area contributed by atoms with Gasteiger partial charge >= 0.3 is 6.03 Å². The largest absolute Gasteiger partial charge is 0.495 e. The monoisotopic (exact) mass is 444 g/mol. The third-order valence-electron chi connectivity index (χ3n) is 5.76. The van der Waals surface area contributed by atoms with E-state index in [1.807, 2.05) is 6.92 Å². The summed E-state index contributed by atoms with van der Waals surface area (Å²) < 4.78 is 5.32. The molecule has 2 amide bonds. The number of aromatic nitrogens is 2. The molecular formula is C22H29ClN6O2. The fraction of sp³-hybridized carbons (Fsp3) is 0.500. The van der Waals surface area contributed by atoms with E-state index < -0.39 is 0 Å². The van der Waals surface area contributed by atoms with Crippen molar-refractivity contribution in [1.29, 1.82) is 0 Å². The molecule has 0 saturated carbocycles. The van der Waals surface area contributed by atoms with Crippen LogP contribution in [-0.4, -0.2) is 67.3 Å². The number of rotatable bonds is 4. The number of nitrogens with zero attached hydrogens (tertiary/aromatic N) is 5. The van der Waals surface area contributed by atoms with Crippen molar-refractivity contribution in [1.82, 2.24) is 14.9 Å². The van der Waals surface area contributed by atoms with E-state index >= 15 is 0 Å². The van der Waals surface area contributed by atoms with E-state index in [2.05, 4.69) is 26.2 Å². The first-order valence-corrected chi connectivity index (χ1v) is 11.2. The van der Waals surface area contributed by atoms with E-state index in [1.54, 1.807) is 30.2 Å². The number of piperidine rings is 1. The number of hydrogen-bond donors (Lipinski definition) is 1. The van der Waals surface area contributed by atoms with Gasteiger partial charge in [0.15, 0.2) is 0 Å². The number of piperazine rings is 1. The van der Waals surface area contributed by atoms with Crippen LogP contribution in [0.5, 0.6) is 5.75 Å². The number of aryl methyl sites for hydroxylation is 1. The highest BCUT2D eigenvalue weighted by Gasteiger charge is 2.24. The van der Waals surface area contributed by atoms with Gasteiger partial charge in [-0.1, -0.05) is 11.6 Å². The smallest absolute Gasteiger partial charge is 0.322 e. The normalized spacial score (nSPS) is 16.9. The lowest BCUT2D eigenvalue weighted by Crippen LogP contribution is -2.50. The average molecular weight is 445 g/mol. The van der Waals surface area contributed by atoms with Crippen molar-refractivity contribution in [2.75, 3.05) is 61.5 Å². The van der Waals surface area contributed by atoms with Crippen LogP contribution in [0.4, 0.5) is 22.2 Å². The van der Waals surface area contributed by atoms with Crippen molar-refractivity contribution in [2.45, 2.75) is 26.2 Å². The predicted octanol–water partition coefficient (Wildman–Crippen LogP) is 3.79. The van der Waals surface area contributed by atoms with Gasteiger partial charge in [-0.3, -0.25) is 0 Å². The summed E-state index contributed by atoms with van der Waals surface area (Å²) in [6.07, 6.45) is 3.71. The Bertz CT molecular complexity index is 926. The Balaban J connectivity index is 1.39. The molecule has 31 heavy (non-hydrogen) atoms. The Labute approximate surface area is 188 Å². The maximum atomic E-state index is 12.8.